The Hall–Kier alpha value is -3.52. The highest BCUT2D eigenvalue weighted by atomic mass is 32.1. The third kappa shape index (κ3) is 5.79. The van der Waals surface area contributed by atoms with Crippen LogP contribution in [0.15, 0.2) is 60.9 Å². The number of rotatable bonds is 6. The van der Waals surface area contributed by atoms with Crippen LogP contribution in [0.1, 0.15) is 15.3 Å². The minimum absolute atomic E-state index is 0.101. The molecule has 0 aliphatic carbocycles. The number of nitrogens with zero attached hydrogens (tertiary/aromatic N) is 4. The Morgan fingerprint density at radius 2 is 1.75 bits per heavy atom. The van der Waals surface area contributed by atoms with Crippen molar-refractivity contribution in [2.24, 2.45) is 0 Å². The summed E-state index contributed by atoms with van der Waals surface area (Å²) in [5.41, 5.74) is 1.63. The molecule has 1 aliphatic heterocycles. The predicted octanol–water partition coefficient (Wildman–Crippen LogP) is 3.39. The van der Waals surface area contributed by atoms with Crippen molar-refractivity contribution >= 4 is 40.9 Å². The van der Waals surface area contributed by atoms with Gasteiger partial charge < -0.3 is 15.1 Å². The Kier molecular flexibility index (Phi) is 6.91. The van der Waals surface area contributed by atoms with Crippen LogP contribution < -0.4 is 10.2 Å². The number of aromatic nitrogens is 2. The van der Waals surface area contributed by atoms with Gasteiger partial charge in [0.2, 0.25) is 17.8 Å². The number of piperazine rings is 1. The monoisotopic (exact) mass is 447 g/mol. The Morgan fingerprint density at radius 1 is 1.03 bits per heavy atom. The highest BCUT2D eigenvalue weighted by molar-refractivity contribution is 7.12. The molecule has 8 heteroatoms. The summed E-state index contributed by atoms with van der Waals surface area (Å²) >= 11 is 1.64. The molecule has 0 spiro atoms. The molecule has 1 saturated heterocycles. The van der Waals surface area contributed by atoms with Crippen LogP contribution in [0.25, 0.3) is 6.08 Å². The largest absolute Gasteiger partial charge is 0.339 e. The molecule has 2 aromatic heterocycles. The van der Waals surface area contributed by atoms with Crippen LogP contribution in [-0.4, -0.2) is 52.9 Å². The van der Waals surface area contributed by atoms with E-state index in [-0.39, 0.29) is 11.8 Å². The lowest BCUT2D eigenvalue weighted by atomic mass is 10.1. The van der Waals surface area contributed by atoms with Gasteiger partial charge in [0.05, 0.1) is 6.42 Å². The maximum atomic E-state index is 12.7. The summed E-state index contributed by atoms with van der Waals surface area (Å²) in [6.45, 7) is 4.79. The molecule has 7 nitrogen and oxygen atoms in total. The molecular weight excluding hydrogens is 422 g/mol. The summed E-state index contributed by atoms with van der Waals surface area (Å²) in [5.74, 6) is 0.627. The van der Waals surface area contributed by atoms with Gasteiger partial charge in [0.25, 0.3) is 0 Å². The first-order chi connectivity index (χ1) is 15.6. The molecule has 0 bridgehead atoms. The van der Waals surface area contributed by atoms with E-state index in [1.165, 1.54) is 11.0 Å². The van der Waals surface area contributed by atoms with Gasteiger partial charge in [0.1, 0.15) is 0 Å². The minimum atomic E-state index is -0.180. The first-order valence-corrected chi connectivity index (χ1v) is 11.3. The van der Waals surface area contributed by atoms with E-state index in [1.54, 1.807) is 29.8 Å². The fraction of sp³-hybridized carbons (Fsp3) is 0.250. The lowest BCUT2D eigenvalue weighted by molar-refractivity contribution is -0.130. The van der Waals surface area contributed by atoms with Crippen molar-refractivity contribution in [1.29, 1.82) is 0 Å². The first-order valence-electron chi connectivity index (χ1n) is 10.5. The van der Waals surface area contributed by atoms with Gasteiger partial charge in [-0.05, 0) is 48.9 Å². The molecule has 3 heterocycles. The molecule has 1 N–H and O–H groups in total. The summed E-state index contributed by atoms with van der Waals surface area (Å²) in [6, 6.07) is 13.2. The van der Waals surface area contributed by atoms with Crippen LogP contribution in [0.5, 0.6) is 0 Å². The van der Waals surface area contributed by atoms with Gasteiger partial charge in [-0.1, -0.05) is 12.1 Å². The van der Waals surface area contributed by atoms with Gasteiger partial charge >= 0.3 is 0 Å². The first kappa shape index (κ1) is 21.7. The molecule has 164 valence electrons. The van der Waals surface area contributed by atoms with Crippen molar-refractivity contribution in [2.45, 2.75) is 13.3 Å². The van der Waals surface area contributed by atoms with Gasteiger partial charge in [0.15, 0.2) is 0 Å². The number of anilines is 2. The van der Waals surface area contributed by atoms with E-state index in [0.29, 0.717) is 31.1 Å². The van der Waals surface area contributed by atoms with Gasteiger partial charge in [-0.3, -0.25) is 9.59 Å². The summed E-state index contributed by atoms with van der Waals surface area (Å²) in [7, 11) is 0. The average molecular weight is 448 g/mol. The van der Waals surface area contributed by atoms with Crippen molar-refractivity contribution in [3.8, 4) is 0 Å². The smallest absolute Gasteiger partial charge is 0.248 e. The SMILES string of the molecule is Cc1ccc(C=CC(=O)Nc2ccc(CC(=O)N3CCN(c4ncccn4)CC3)cc2)s1. The number of aryl methyl sites for hydroxylation is 1. The second kappa shape index (κ2) is 10.2. The number of carbonyl (C=O) groups is 2. The van der Waals surface area contributed by atoms with Crippen molar-refractivity contribution in [2.75, 3.05) is 36.4 Å². The zero-order valence-electron chi connectivity index (χ0n) is 17.9. The fourth-order valence-corrected chi connectivity index (χ4v) is 4.27. The van der Waals surface area contributed by atoms with Crippen LogP contribution in [0, 0.1) is 6.92 Å². The van der Waals surface area contributed by atoms with Crippen LogP contribution in [0.2, 0.25) is 0 Å². The third-order valence-electron chi connectivity index (χ3n) is 5.20. The minimum Gasteiger partial charge on any atom is -0.339 e. The number of amides is 2. The van der Waals surface area contributed by atoms with E-state index in [2.05, 4.69) is 20.2 Å². The number of benzene rings is 1. The number of nitrogens with one attached hydrogen (secondary N) is 1. The molecular formula is C24H25N5O2S. The molecule has 1 aromatic carbocycles. The molecule has 0 saturated carbocycles. The lowest BCUT2D eigenvalue weighted by Gasteiger charge is -2.34. The number of hydrogen-bond acceptors (Lipinski definition) is 6. The van der Waals surface area contributed by atoms with Gasteiger partial charge in [-0.15, -0.1) is 11.3 Å². The maximum absolute atomic E-state index is 12.7. The molecule has 2 amide bonds. The number of carbonyl (C=O) groups excluding carboxylic acids is 2. The zero-order chi connectivity index (χ0) is 22.3. The van der Waals surface area contributed by atoms with E-state index in [0.717, 1.165) is 23.5 Å². The maximum Gasteiger partial charge on any atom is 0.248 e. The van der Waals surface area contributed by atoms with Crippen molar-refractivity contribution in [1.82, 2.24) is 14.9 Å². The topological polar surface area (TPSA) is 78.4 Å². The summed E-state index contributed by atoms with van der Waals surface area (Å²) in [6.07, 6.45) is 7.14. The van der Waals surface area contributed by atoms with Gasteiger partial charge in [-0.25, -0.2) is 9.97 Å². The standard InChI is InChI=1S/C24H25N5O2S/c1-18-3-8-21(32-18)9-10-22(30)27-20-6-4-19(5-7-20)17-23(31)28-13-15-29(16-14-28)24-25-11-2-12-26-24/h2-12H,13-17H2,1H3,(H,27,30). The molecule has 3 aromatic rings. The predicted molar refractivity (Wildman–Crippen MR) is 128 cm³/mol. The molecule has 1 aliphatic rings. The molecule has 32 heavy (non-hydrogen) atoms. The van der Waals surface area contributed by atoms with Crippen molar-refractivity contribution < 1.29 is 9.59 Å². The normalized spacial score (nSPS) is 14.0. The van der Waals surface area contributed by atoms with Crippen LogP contribution in [0.4, 0.5) is 11.6 Å². The summed E-state index contributed by atoms with van der Waals surface area (Å²) < 4.78 is 0. The quantitative estimate of drug-likeness (QED) is 0.586. The van der Waals surface area contributed by atoms with Crippen LogP contribution in [-0.2, 0) is 16.0 Å². The van der Waals surface area contributed by atoms with Crippen molar-refractivity contribution in [3.63, 3.8) is 0 Å². The highest BCUT2D eigenvalue weighted by Gasteiger charge is 2.22. The van der Waals surface area contributed by atoms with Crippen LogP contribution >= 0.6 is 11.3 Å². The van der Waals surface area contributed by atoms with Gasteiger partial charge in [-0.2, -0.15) is 0 Å². The Bertz CT molecular complexity index is 1090. The Balaban J connectivity index is 1.25. The molecule has 0 radical (unpaired) electrons. The summed E-state index contributed by atoms with van der Waals surface area (Å²) in [4.78, 5) is 39.6. The second-order valence-electron chi connectivity index (χ2n) is 7.56. The van der Waals surface area contributed by atoms with E-state index >= 15 is 0 Å². The Labute approximate surface area is 191 Å². The van der Waals surface area contributed by atoms with E-state index in [4.69, 9.17) is 0 Å². The molecule has 0 atom stereocenters. The molecule has 1 fully saturated rings. The summed E-state index contributed by atoms with van der Waals surface area (Å²) in [5, 5.41) is 2.85. The average Bonchev–Trinajstić information content (AvgIpc) is 3.25. The van der Waals surface area contributed by atoms with Crippen LogP contribution in [0.3, 0.4) is 0 Å². The second-order valence-corrected chi connectivity index (χ2v) is 8.88. The van der Waals surface area contributed by atoms with E-state index < -0.39 is 0 Å². The Morgan fingerprint density at radius 3 is 2.41 bits per heavy atom. The van der Waals surface area contributed by atoms with Gasteiger partial charge in [0, 0.05) is 60.1 Å². The zero-order valence-corrected chi connectivity index (χ0v) is 18.7. The molecule has 0 unspecified atom stereocenters. The van der Waals surface area contributed by atoms with E-state index in [1.807, 2.05) is 54.3 Å². The lowest BCUT2D eigenvalue weighted by Crippen LogP contribution is -2.49. The van der Waals surface area contributed by atoms with Crippen molar-refractivity contribution in [3.05, 3.63) is 76.3 Å². The van der Waals surface area contributed by atoms with E-state index in [9.17, 15) is 9.59 Å². The number of hydrogen-bond donors (Lipinski definition) is 1. The highest BCUT2D eigenvalue weighted by Crippen LogP contribution is 2.17. The third-order valence-corrected chi connectivity index (χ3v) is 6.17. The molecule has 4 rings (SSSR count). The fourth-order valence-electron chi connectivity index (χ4n) is 3.49. The number of thiophene rings is 1.